The maximum absolute atomic E-state index is 12.7. The number of hydrogen-bond acceptors (Lipinski definition) is 4. The summed E-state index contributed by atoms with van der Waals surface area (Å²) in [6.45, 7) is 3.33. The average molecular weight is 416 g/mol. The predicted molar refractivity (Wildman–Crippen MR) is 109 cm³/mol. The van der Waals surface area contributed by atoms with Gasteiger partial charge in [-0.1, -0.05) is 30.3 Å². The van der Waals surface area contributed by atoms with Gasteiger partial charge in [0.1, 0.15) is 0 Å². The Kier molecular flexibility index (Phi) is 6.34. The normalized spacial score (nSPS) is 15.2. The molecule has 1 heterocycles. The van der Waals surface area contributed by atoms with Gasteiger partial charge in [0.25, 0.3) is 5.91 Å². The maximum Gasteiger partial charge on any atom is 0.254 e. The molecule has 0 aliphatic carbocycles. The quantitative estimate of drug-likeness (QED) is 0.776. The molecular weight excluding hydrogens is 390 g/mol. The minimum Gasteiger partial charge on any atom is -0.352 e. The molecule has 154 valence electrons. The van der Waals surface area contributed by atoms with Crippen LogP contribution in [-0.4, -0.2) is 38.2 Å². The largest absolute Gasteiger partial charge is 0.352 e. The third-order valence-electron chi connectivity index (χ3n) is 5.25. The SMILES string of the molecule is Cc1ccccc1C(=O)N1CCC(C(=O)NCc2ccc(S(N)(=O)=O)cc2)CC1. The fraction of sp³-hybridized carbons (Fsp3) is 0.333. The monoisotopic (exact) mass is 415 g/mol. The Hall–Kier alpha value is -2.71. The van der Waals surface area contributed by atoms with Crippen LogP contribution in [0.3, 0.4) is 0 Å². The third kappa shape index (κ3) is 5.21. The summed E-state index contributed by atoms with van der Waals surface area (Å²) in [4.78, 5) is 27.0. The van der Waals surface area contributed by atoms with Crippen LogP contribution in [0, 0.1) is 12.8 Å². The number of piperidine rings is 1. The molecule has 7 nitrogen and oxygen atoms in total. The number of primary sulfonamides is 1. The number of nitrogens with zero attached hydrogens (tertiary/aromatic N) is 1. The number of sulfonamides is 1. The zero-order chi connectivity index (χ0) is 21.0. The molecule has 0 bridgehead atoms. The topological polar surface area (TPSA) is 110 Å². The molecule has 0 atom stereocenters. The van der Waals surface area contributed by atoms with Gasteiger partial charge < -0.3 is 10.2 Å². The lowest BCUT2D eigenvalue weighted by Gasteiger charge is -2.31. The molecule has 2 aromatic carbocycles. The Morgan fingerprint density at radius 2 is 1.69 bits per heavy atom. The van der Waals surface area contributed by atoms with E-state index in [1.165, 1.54) is 12.1 Å². The summed E-state index contributed by atoms with van der Waals surface area (Å²) in [5, 5.41) is 7.97. The second-order valence-electron chi connectivity index (χ2n) is 7.29. The summed E-state index contributed by atoms with van der Waals surface area (Å²) < 4.78 is 22.6. The zero-order valence-corrected chi connectivity index (χ0v) is 17.1. The molecule has 2 aromatic rings. The molecule has 1 aliphatic rings. The first-order valence-electron chi connectivity index (χ1n) is 9.50. The van der Waals surface area contributed by atoms with Crippen LogP contribution >= 0.6 is 0 Å². The van der Waals surface area contributed by atoms with Crippen molar-refractivity contribution >= 4 is 21.8 Å². The summed E-state index contributed by atoms with van der Waals surface area (Å²) in [6.07, 6.45) is 1.24. The minimum atomic E-state index is -3.72. The van der Waals surface area contributed by atoms with Crippen LogP contribution in [0.4, 0.5) is 0 Å². The Labute approximate surface area is 171 Å². The molecule has 1 fully saturated rings. The molecule has 0 aromatic heterocycles. The first-order valence-corrected chi connectivity index (χ1v) is 11.0. The lowest BCUT2D eigenvalue weighted by Crippen LogP contribution is -2.43. The number of aryl methyl sites for hydroxylation is 1. The van der Waals surface area contributed by atoms with E-state index in [0.29, 0.717) is 38.0 Å². The molecule has 8 heteroatoms. The fourth-order valence-electron chi connectivity index (χ4n) is 3.46. The molecule has 0 unspecified atom stereocenters. The Balaban J connectivity index is 1.50. The van der Waals surface area contributed by atoms with Gasteiger partial charge in [-0.25, -0.2) is 13.6 Å². The van der Waals surface area contributed by atoms with Crippen molar-refractivity contribution in [2.24, 2.45) is 11.1 Å². The molecule has 29 heavy (non-hydrogen) atoms. The van der Waals surface area contributed by atoms with E-state index < -0.39 is 10.0 Å². The van der Waals surface area contributed by atoms with Gasteiger partial charge in [0.2, 0.25) is 15.9 Å². The molecule has 0 saturated carbocycles. The average Bonchev–Trinajstić information content (AvgIpc) is 2.71. The number of hydrogen-bond donors (Lipinski definition) is 2. The molecule has 1 saturated heterocycles. The molecule has 0 radical (unpaired) electrons. The van der Waals surface area contributed by atoms with Gasteiger partial charge in [0.15, 0.2) is 0 Å². The predicted octanol–water partition coefficient (Wildman–Crippen LogP) is 1.81. The molecule has 3 rings (SSSR count). The highest BCUT2D eigenvalue weighted by Crippen LogP contribution is 2.20. The van der Waals surface area contributed by atoms with Crippen molar-refractivity contribution in [3.8, 4) is 0 Å². The third-order valence-corrected chi connectivity index (χ3v) is 6.18. The smallest absolute Gasteiger partial charge is 0.254 e. The Morgan fingerprint density at radius 1 is 1.07 bits per heavy atom. The molecular formula is C21H25N3O4S. The van der Waals surface area contributed by atoms with E-state index in [-0.39, 0.29) is 22.6 Å². The van der Waals surface area contributed by atoms with Crippen LogP contribution in [0.5, 0.6) is 0 Å². The molecule has 2 amide bonds. The van der Waals surface area contributed by atoms with Crippen LogP contribution in [0.25, 0.3) is 0 Å². The first kappa shape index (κ1) is 21.0. The van der Waals surface area contributed by atoms with Crippen molar-refractivity contribution in [3.63, 3.8) is 0 Å². The number of nitrogens with one attached hydrogen (secondary N) is 1. The van der Waals surface area contributed by atoms with Crippen molar-refractivity contribution in [1.82, 2.24) is 10.2 Å². The Bertz CT molecular complexity index is 995. The van der Waals surface area contributed by atoms with Gasteiger partial charge in [-0.2, -0.15) is 0 Å². The van der Waals surface area contributed by atoms with Crippen molar-refractivity contribution in [2.75, 3.05) is 13.1 Å². The van der Waals surface area contributed by atoms with Crippen molar-refractivity contribution < 1.29 is 18.0 Å². The number of nitrogens with two attached hydrogens (primary N) is 1. The highest BCUT2D eigenvalue weighted by atomic mass is 32.2. The standard InChI is InChI=1S/C21H25N3O4S/c1-15-4-2-3-5-19(15)21(26)24-12-10-17(11-13-24)20(25)23-14-16-6-8-18(9-7-16)29(22,27)28/h2-9,17H,10-14H2,1H3,(H,23,25)(H2,22,27,28). The molecule has 0 spiro atoms. The number of likely N-dealkylation sites (tertiary alicyclic amines) is 1. The van der Waals surface area contributed by atoms with Gasteiger partial charge in [0, 0.05) is 31.1 Å². The van der Waals surface area contributed by atoms with E-state index in [9.17, 15) is 18.0 Å². The van der Waals surface area contributed by atoms with E-state index in [0.717, 1.165) is 11.1 Å². The number of benzene rings is 2. The maximum atomic E-state index is 12.7. The number of rotatable bonds is 5. The van der Waals surface area contributed by atoms with Gasteiger partial charge in [-0.05, 0) is 49.1 Å². The fourth-order valence-corrected chi connectivity index (χ4v) is 3.97. The summed E-state index contributed by atoms with van der Waals surface area (Å²) in [5.41, 5.74) is 2.45. The van der Waals surface area contributed by atoms with Crippen LogP contribution in [0.2, 0.25) is 0 Å². The summed E-state index contributed by atoms with van der Waals surface area (Å²) in [5.74, 6) is -0.181. The van der Waals surface area contributed by atoms with Crippen LogP contribution in [-0.2, 0) is 21.4 Å². The highest BCUT2D eigenvalue weighted by Gasteiger charge is 2.28. The van der Waals surface area contributed by atoms with Gasteiger partial charge >= 0.3 is 0 Å². The molecule has 1 aliphatic heterocycles. The van der Waals surface area contributed by atoms with E-state index in [4.69, 9.17) is 5.14 Å². The Morgan fingerprint density at radius 3 is 2.28 bits per heavy atom. The van der Waals surface area contributed by atoms with Crippen molar-refractivity contribution in [1.29, 1.82) is 0 Å². The van der Waals surface area contributed by atoms with Crippen LogP contribution < -0.4 is 10.5 Å². The number of amides is 2. The van der Waals surface area contributed by atoms with E-state index in [2.05, 4.69) is 5.32 Å². The number of carbonyl (C=O) groups excluding carboxylic acids is 2. The van der Waals surface area contributed by atoms with E-state index in [1.807, 2.05) is 31.2 Å². The lowest BCUT2D eigenvalue weighted by atomic mass is 9.95. The summed E-state index contributed by atoms with van der Waals surface area (Å²) >= 11 is 0. The zero-order valence-electron chi connectivity index (χ0n) is 16.3. The number of carbonyl (C=O) groups is 2. The van der Waals surface area contributed by atoms with Crippen molar-refractivity contribution in [2.45, 2.75) is 31.2 Å². The second kappa shape index (κ2) is 8.75. The lowest BCUT2D eigenvalue weighted by molar-refractivity contribution is -0.126. The van der Waals surface area contributed by atoms with Gasteiger partial charge in [0.05, 0.1) is 4.90 Å². The van der Waals surface area contributed by atoms with E-state index in [1.54, 1.807) is 17.0 Å². The van der Waals surface area contributed by atoms with Crippen molar-refractivity contribution in [3.05, 3.63) is 65.2 Å². The summed E-state index contributed by atoms with van der Waals surface area (Å²) in [7, 11) is -3.72. The van der Waals surface area contributed by atoms with Crippen LogP contribution in [0.15, 0.2) is 53.4 Å². The van der Waals surface area contributed by atoms with Gasteiger partial charge in [-0.15, -0.1) is 0 Å². The first-order chi connectivity index (χ1) is 13.8. The van der Waals surface area contributed by atoms with Gasteiger partial charge in [-0.3, -0.25) is 9.59 Å². The molecule has 3 N–H and O–H groups in total. The highest BCUT2D eigenvalue weighted by molar-refractivity contribution is 7.89. The van der Waals surface area contributed by atoms with E-state index >= 15 is 0 Å². The van der Waals surface area contributed by atoms with Crippen LogP contribution in [0.1, 0.15) is 34.3 Å². The second-order valence-corrected chi connectivity index (χ2v) is 8.85. The minimum absolute atomic E-state index is 0.0110. The summed E-state index contributed by atoms with van der Waals surface area (Å²) in [6, 6.07) is 13.6.